The molecule has 0 aliphatic carbocycles. The predicted octanol–water partition coefficient (Wildman–Crippen LogP) is 4.19. The van der Waals surface area contributed by atoms with Gasteiger partial charge in [-0.1, -0.05) is 23.8 Å². The molecule has 0 bridgehead atoms. The molecule has 17 heavy (non-hydrogen) atoms. The Morgan fingerprint density at radius 2 is 1.76 bits per heavy atom. The lowest BCUT2D eigenvalue weighted by Gasteiger charge is -1.95. The van der Waals surface area contributed by atoms with E-state index in [-0.39, 0.29) is 5.97 Å². The highest BCUT2D eigenvalue weighted by molar-refractivity contribution is 5.83. The van der Waals surface area contributed by atoms with E-state index < -0.39 is 0 Å². The number of rotatable bonds is 7. The fourth-order valence-electron chi connectivity index (χ4n) is 1.36. The fraction of sp³-hybridized carbons (Fsp3) is 0.533. The van der Waals surface area contributed by atoms with Crippen molar-refractivity contribution in [3.63, 3.8) is 0 Å². The molecule has 0 saturated heterocycles. The molecule has 0 N–H and O–H groups in total. The summed E-state index contributed by atoms with van der Waals surface area (Å²) in [6.07, 6.45) is 12.5. The molecule has 0 aliphatic heterocycles. The fourth-order valence-corrected chi connectivity index (χ4v) is 1.36. The third-order valence-electron chi connectivity index (χ3n) is 2.30. The van der Waals surface area contributed by atoms with Crippen LogP contribution in [0, 0.1) is 0 Å². The summed E-state index contributed by atoms with van der Waals surface area (Å²) in [7, 11) is 1.39. The molecule has 0 aromatic heterocycles. The van der Waals surface area contributed by atoms with E-state index in [1.807, 2.05) is 13.0 Å². The van der Waals surface area contributed by atoms with Crippen molar-refractivity contribution in [1.82, 2.24) is 0 Å². The maximum Gasteiger partial charge on any atom is 0.330 e. The minimum absolute atomic E-state index is 0.296. The maximum atomic E-state index is 10.9. The number of hydrogen-bond donors (Lipinski definition) is 0. The quantitative estimate of drug-likeness (QED) is 0.218. The highest BCUT2D eigenvalue weighted by Crippen LogP contribution is 2.05. The molecule has 0 aromatic carbocycles. The van der Waals surface area contributed by atoms with Crippen molar-refractivity contribution in [2.24, 2.45) is 0 Å². The van der Waals surface area contributed by atoms with Crippen molar-refractivity contribution in [3.05, 3.63) is 35.5 Å². The molecule has 2 nitrogen and oxygen atoms in total. The van der Waals surface area contributed by atoms with Gasteiger partial charge in [0, 0.05) is 6.08 Å². The SMILES string of the molecule is COC(=O)/C=C(C)/C=C/CCCCC=C(C)C. The number of esters is 1. The van der Waals surface area contributed by atoms with Crippen molar-refractivity contribution < 1.29 is 9.53 Å². The molecule has 96 valence electrons. The minimum atomic E-state index is -0.296. The Kier molecular flexibility index (Phi) is 9.12. The smallest absolute Gasteiger partial charge is 0.330 e. The molecular weight excluding hydrogens is 212 g/mol. The van der Waals surface area contributed by atoms with Crippen LogP contribution in [0.2, 0.25) is 0 Å². The summed E-state index contributed by atoms with van der Waals surface area (Å²) < 4.78 is 4.55. The molecule has 0 amide bonds. The second kappa shape index (κ2) is 9.88. The highest BCUT2D eigenvalue weighted by atomic mass is 16.5. The summed E-state index contributed by atoms with van der Waals surface area (Å²) in [4.78, 5) is 10.9. The molecule has 0 rings (SSSR count). The molecule has 0 aliphatic rings. The van der Waals surface area contributed by atoms with Crippen LogP contribution >= 0.6 is 0 Å². The number of hydrogen-bond acceptors (Lipinski definition) is 2. The molecule has 0 radical (unpaired) electrons. The topological polar surface area (TPSA) is 26.3 Å². The minimum Gasteiger partial charge on any atom is -0.466 e. The van der Waals surface area contributed by atoms with E-state index in [9.17, 15) is 4.79 Å². The van der Waals surface area contributed by atoms with Gasteiger partial charge in [-0.05, 0) is 52.0 Å². The van der Waals surface area contributed by atoms with E-state index >= 15 is 0 Å². The van der Waals surface area contributed by atoms with Gasteiger partial charge in [-0.2, -0.15) is 0 Å². The Balaban J connectivity index is 3.71. The van der Waals surface area contributed by atoms with Crippen LogP contribution in [0.3, 0.4) is 0 Å². The molecule has 0 saturated carbocycles. The predicted molar refractivity (Wildman–Crippen MR) is 72.8 cm³/mol. The van der Waals surface area contributed by atoms with E-state index in [1.54, 1.807) is 0 Å². The van der Waals surface area contributed by atoms with Crippen LogP contribution in [0.4, 0.5) is 0 Å². The first kappa shape index (κ1) is 15.7. The van der Waals surface area contributed by atoms with Gasteiger partial charge in [-0.3, -0.25) is 0 Å². The largest absolute Gasteiger partial charge is 0.466 e. The van der Waals surface area contributed by atoms with Gasteiger partial charge in [0.05, 0.1) is 7.11 Å². The summed E-state index contributed by atoms with van der Waals surface area (Å²) in [5.41, 5.74) is 2.32. The van der Waals surface area contributed by atoms with Crippen molar-refractivity contribution in [2.75, 3.05) is 7.11 Å². The van der Waals surface area contributed by atoms with Crippen molar-refractivity contribution in [1.29, 1.82) is 0 Å². The van der Waals surface area contributed by atoms with Gasteiger partial charge >= 0.3 is 5.97 Å². The van der Waals surface area contributed by atoms with Crippen LogP contribution in [0.15, 0.2) is 35.5 Å². The van der Waals surface area contributed by atoms with Gasteiger partial charge in [0.1, 0.15) is 0 Å². The number of unbranched alkanes of at least 4 members (excludes halogenated alkanes) is 3. The molecular formula is C15H24O2. The Bertz CT molecular complexity index is 305. The summed E-state index contributed by atoms with van der Waals surface area (Å²) >= 11 is 0. The number of allylic oxidation sites excluding steroid dienone is 5. The van der Waals surface area contributed by atoms with E-state index in [0.29, 0.717) is 0 Å². The lowest BCUT2D eigenvalue weighted by atomic mass is 10.1. The van der Waals surface area contributed by atoms with Crippen LogP contribution in [-0.2, 0) is 9.53 Å². The zero-order valence-electron chi connectivity index (χ0n) is 11.5. The van der Waals surface area contributed by atoms with E-state index in [2.05, 4.69) is 30.7 Å². The maximum absolute atomic E-state index is 10.9. The average Bonchev–Trinajstić information content (AvgIpc) is 2.27. The Morgan fingerprint density at radius 3 is 2.35 bits per heavy atom. The van der Waals surface area contributed by atoms with Gasteiger partial charge in [-0.25, -0.2) is 4.79 Å². The zero-order chi connectivity index (χ0) is 13.1. The van der Waals surface area contributed by atoms with Gasteiger partial charge in [0.25, 0.3) is 0 Å². The van der Waals surface area contributed by atoms with Crippen LogP contribution in [0.25, 0.3) is 0 Å². The number of methoxy groups -OCH3 is 1. The number of ether oxygens (including phenoxy) is 1. The third-order valence-corrected chi connectivity index (χ3v) is 2.30. The highest BCUT2D eigenvalue weighted by Gasteiger charge is 1.92. The monoisotopic (exact) mass is 236 g/mol. The van der Waals surface area contributed by atoms with E-state index in [4.69, 9.17) is 0 Å². The second-order valence-electron chi connectivity index (χ2n) is 4.38. The van der Waals surface area contributed by atoms with Crippen molar-refractivity contribution in [2.45, 2.75) is 46.5 Å². The second-order valence-corrected chi connectivity index (χ2v) is 4.38. The first-order chi connectivity index (χ1) is 8.06. The van der Waals surface area contributed by atoms with Crippen LogP contribution in [-0.4, -0.2) is 13.1 Å². The molecule has 0 fully saturated rings. The lowest BCUT2D eigenvalue weighted by molar-refractivity contribution is -0.134. The van der Waals surface area contributed by atoms with Crippen molar-refractivity contribution >= 4 is 5.97 Å². The molecule has 0 spiro atoms. The lowest BCUT2D eigenvalue weighted by Crippen LogP contribution is -1.94. The van der Waals surface area contributed by atoms with E-state index in [0.717, 1.165) is 18.4 Å². The van der Waals surface area contributed by atoms with Crippen LogP contribution in [0.5, 0.6) is 0 Å². The number of carbonyl (C=O) groups is 1. The molecule has 0 heterocycles. The Morgan fingerprint density at radius 1 is 1.12 bits per heavy atom. The molecule has 0 unspecified atom stereocenters. The zero-order valence-corrected chi connectivity index (χ0v) is 11.5. The Labute approximate surface area is 105 Å². The van der Waals surface area contributed by atoms with Crippen LogP contribution < -0.4 is 0 Å². The summed E-state index contributed by atoms with van der Waals surface area (Å²) in [5, 5.41) is 0. The van der Waals surface area contributed by atoms with Crippen LogP contribution in [0.1, 0.15) is 46.5 Å². The van der Waals surface area contributed by atoms with E-state index in [1.165, 1.54) is 31.6 Å². The first-order valence-corrected chi connectivity index (χ1v) is 6.12. The van der Waals surface area contributed by atoms with Gasteiger partial charge in [-0.15, -0.1) is 0 Å². The van der Waals surface area contributed by atoms with Gasteiger partial charge in [0.2, 0.25) is 0 Å². The summed E-state index contributed by atoms with van der Waals surface area (Å²) in [5.74, 6) is -0.296. The molecule has 0 atom stereocenters. The summed E-state index contributed by atoms with van der Waals surface area (Å²) in [6.45, 7) is 6.15. The third kappa shape index (κ3) is 11.0. The van der Waals surface area contributed by atoms with Crippen molar-refractivity contribution in [3.8, 4) is 0 Å². The summed E-state index contributed by atoms with van der Waals surface area (Å²) in [6, 6.07) is 0. The normalized spacial score (nSPS) is 11.6. The Hall–Kier alpha value is -1.31. The first-order valence-electron chi connectivity index (χ1n) is 6.12. The number of carbonyl (C=O) groups excluding carboxylic acids is 1. The van der Waals surface area contributed by atoms with Gasteiger partial charge < -0.3 is 4.74 Å². The van der Waals surface area contributed by atoms with Gasteiger partial charge in [0.15, 0.2) is 0 Å². The average molecular weight is 236 g/mol. The standard InChI is InChI=1S/C15H24O2/c1-13(2)10-8-6-5-7-9-11-14(3)12-15(16)17-4/h9-12H,5-8H2,1-4H3/b11-9+,14-12+. The molecule has 2 heteroatoms. The molecule has 0 aromatic rings.